The lowest BCUT2D eigenvalue weighted by molar-refractivity contribution is 0.432. The summed E-state index contributed by atoms with van der Waals surface area (Å²) in [6.45, 7) is 2.61. The molecule has 0 fully saturated rings. The fraction of sp³-hybridized carbons (Fsp3) is 0.667. The normalized spacial score (nSPS) is 20.3. The number of nitrogens with zero attached hydrogens (tertiary/aromatic N) is 2. The van der Waals surface area contributed by atoms with Gasteiger partial charge in [0, 0.05) is 13.1 Å². The molecule has 0 aliphatic carbocycles. The summed E-state index contributed by atoms with van der Waals surface area (Å²) >= 11 is 0. The van der Waals surface area contributed by atoms with Gasteiger partial charge < -0.3 is 0 Å². The van der Waals surface area contributed by atoms with Crippen molar-refractivity contribution in [2.45, 2.75) is 25.0 Å². The van der Waals surface area contributed by atoms with Crippen molar-refractivity contribution in [2.75, 3.05) is 13.1 Å². The van der Waals surface area contributed by atoms with Crippen molar-refractivity contribution in [2.24, 2.45) is 0 Å². The van der Waals surface area contributed by atoms with Crippen molar-refractivity contribution < 1.29 is 8.42 Å². The Bertz CT molecular complexity index is 353. The van der Waals surface area contributed by atoms with Crippen LogP contribution in [0.5, 0.6) is 0 Å². The molecule has 1 aliphatic heterocycles. The first kappa shape index (κ1) is 11.2. The SMILES string of the molecule is CCC(C#N)S(=O)(=O)N1CC=CCC1. The standard InChI is InChI=1S/C9H14N2O2S/c1-2-9(8-10)14(12,13)11-6-4-3-5-7-11/h3-4,9H,2,5-7H2,1H3. The summed E-state index contributed by atoms with van der Waals surface area (Å²) in [5, 5.41) is 7.82. The molecule has 1 atom stereocenters. The molecule has 1 rings (SSSR count). The highest BCUT2D eigenvalue weighted by Gasteiger charge is 2.30. The van der Waals surface area contributed by atoms with E-state index < -0.39 is 15.3 Å². The van der Waals surface area contributed by atoms with Crippen molar-refractivity contribution >= 4 is 10.0 Å². The first-order valence-corrected chi connectivity index (χ1v) is 6.16. The lowest BCUT2D eigenvalue weighted by Gasteiger charge is -2.24. The van der Waals surface area contributed by atoms with Crippen LogP contribution in [0.1, 0.15) is 19.8 Å². The van der Waals surface area contributed by atoms with Crippen LogP contribution >= 0.6 is 0 Å². The van der Waals surface area contributed by atoms with E-state index in [-0.39, 0.29) is 0 Å². The van der Waals surface area contributed by atoms with Gasteiger partial charge in [0.25, 0.3) is 0 Å². The van der Waals surface area contributed by atoms with Gasteiger partial charge in [-0.3, -0.25) is 0 Å². The van der Waals surface area contributed by atoms with Crippen molar-refractivity contribution in [3.8, 4) is 6.07 Å². The molecule has 0 saturated heterocycles. The zero-order valence-corrected chi connectivity index (χ0v) is 9.00. The van der Waals surface area contributed by atoms with Gasteiger partial charge in [-0.1, -0.05) is 19.1 Å². The summed E-state index contributed by atoms with van der Waals surface area (Å²) in [5.41, 5.74) is 0. The molecule has 1 aliphatic rings. The smallest absolute Gasteiger partial charge is 0.211 e. The van der Waals surface area contributed by atoms with Gasteiger partial charge in [0.1, 0.15) is 0 Å². The van der Waals surface area contributed by atoms with Gasteiger partial charge in [0.15, 0.2) is 5.25 Å². The zero-order valence-electron chi connectivity index (χ0n) is 8.18. The Kier molecular flexibility index (Phi) is 3.67. The van der Waals surface area contributed by atoms with Crippen molar-refractivity contribution in [1.29, 1.82) is 5.26 Å². The van der Waals surface area contributed by atoms with E-state index in [0.717, 1.165) is 6.42 Å². The van der Waals surface area contributed by atoms with Crippen LogP contribution in [-0.4, -0.2) is 31.1 Å². The highest BCUT2D eigenvalue weighted by molar-refractivity contribution is 7.90. The minimum Gasteiger partial charge on any atom is -0.211 e. The second-order valence-corrected chi connectivity index (χ2v) is 5.30. The topological polar surface area (TPSA) is 61.2 Å². The maximum atomic E-state index is 11.8. The van der Waals surface area contributed by atoms with E-state index in [9.17, 15) is 8.42 Å². The van der Waals surface area contributed by atoms with Crippen LogP contribution in [0.25, 0.3) is 0 Å². The first-order chi connectivity index (χ1) is 6.62. The molecule has 4 nitrogen and oxygen atoms in total. The monoisotopic (exact) mass is 214 g/mol. The van der Waals surface area contributed by atoms with Gasteiger partial charge >= 0.3 is 0 Å². The molecule has 0 aromatic heterocycles. The summed E-state index contributed by atoms with van der Waals surface area (Å²) in [7, 11) is -3.40. The molecule has 1 heterocycles. The molecule has 0 radical (unpaired) electrons. The summed E-state index contributed by atoms with van der Waals surface area (Å²) in [5.74, 6) is 0. The predicted molar refractivity (Wildman–Crippen MR) is 53.9 cm³/mol. The Morgan fingerprint density at radius 3 is 2.71 bits per heavy atom. The maximum absolute atomic E-state index is 11.8. The molecule has 0 saturated carbocycles. The Morgan fingerprint density at radius 2 is 2.29 bits per heavy atom. The molecule has 0 spiro atoms. The van der Waals surface area contributed by atoms with Crippen LogP contribution in [-0.2, 0) is 10.0 Å². The van der Waals surface area contributed by atoms with E-state index in [0.29, 0.717) is 19.5 Å². The molecular formula is C9H14N2O2S. The molecule has 1 unspecified atom stereocenters. The zero-order chi connectivity index (χ0) is 10.6. The van der Waals surface area contributed by atoms with Gasteiger partial charge in [0.2, 0.25) is 10.0 Å². The summed E-state index contributed by atoms with van der Waals surface area (Å²) in [4.78, 5) is 0. The van der Waals surface area contributed by atoms with Crippen molar-refractivity contribution in [1.82, 2.24) is 4.31 Å². The molecule has 5 heteroatoms. The van der Waals surface area contributed by atoms with Gasteiger partial charge in [-0.15, -0.1) is 0 Å². The Balaban J connectivity index is 2.84. The number of rotatable bonds is 3. The lowest BCUT2D eigenvalue weighted by atomic mass is 10.3. The third kappa shape index (κ3) is 2.14. The Hall–Kier alpha value is -0.860. The van der Waals surface area contributed by atoms with E-state index in [4.69, 9.17) is 5.26 Å². The van der Waals surface area contributed by atoms with Gasteiger partial charge in [-0.25, -0.2) is 8.42 Å². The van der Waals surface area contributed by atoms with Crippen LogP contribution in [0, 0.1) is 11.3 Å². The van der Waals surface area contributed by atoms with E-state index in [1.54, 1.807) is 6.92 Å². The number of sulfonamides is 1. The maximum Gasteiger partial charge on any atom is 0.230 e. The number of hydrogen-bond donors (Lipinski definition) is 0. The molecule has 14 heavy (non-hydrogen) atoms. The minimum absolute atomic E-state index is 0.346. The van der Waals surface area contributed by atoms with Gasteiger partial charge in [0.05, 0.1) is 6.07 Å². The van der Waals surface area contributed by atoms with Crippen LogP contribution in [0.4, 0.5) is 0 Å². The van der Waals surface area contributed by atoms with E-state index in [1.807, 2.05) is 18.2 Å². The average molecular weight is 214 g/mol. The third-order valence-corrected chi connectivity index (χ3v) is 4.46. The van der Waals surface area contributed by atoms with E-state index in [1.165, 1.54) is 4.31 Å². The highest BCUT2D eigenvalue weighted by Crippen LogP contribution is 2.14. The second-order valence-electron chi connectivity index (χ2n) is 3.19. The van der Waals surface area contributed by atoms with E-state index >= 15 is 0 Å². The molecule has 0 aromatic rings. The van der Waals surface area contributed by atoms with Crippen molar-refractivity contribution in [3.05, 3.63) is 12.2 Å². The Labute approximate surface area is 84.9 Å². The van der Waals surface area contributed by atoms with Crippen LogP contribution in [0.3, 0.4) is 0 Å². The summed E-state index contributed by atoms with van der Waals surface area (Å²) < 4.78 is 25.0. The van der Waals surface area contributed by atoms with Crippen LogP contribution < -0.4 is 0 Å². The number of hydrogen-bond acceptors (Lipinski definition) is 3. The van der Waals surface area contributed by atoms with E-state index in [2.05, 4.69) is 0 Å². The third-order valence-electron chi connectivity index (χ3n) is 2.26. The predicted octanol–water partition coefficient (Wildman–Crippen LogP) is 0.880. The highest BCUT2D eigenvalue weighted by atomic mass is 32.2. The molecule has 0 bridgehead atoms. The van der Waals surface area contributed by atoms with Crippen molar-refractivity contribution in [3.63, 3.8) is 0 Å². The Morgan fingerprint density at radius 1 is 1.57 bits per heavy atom. The van der Waals surface area contributed by atoms with Gasteiger partial charge in [-0.2, -0.15) is 9.57 Å². The lowest BCUT2D eigenvalue weighted by Crippen LogP contribution is -2.39. The molecule has 0 amide bonds. The summed E-state index contributed by atoms with van der Waals surface area (Å²) in [6, 6.07) is 1.84. The second kappa shape index (κ2) is 4.58. The largest absolute Gasteiger partial charge is 0.230 e. The quantitative estimate of drug-likeness (QED) is 0.655. The molecule has 0 N–H and O–H groups in total. The van der Waals surface area contributed by atoms with Crippen LogP contribution in [0.15, 0.2) is 12.2 Å². The molecule has 78 valence electrons. The van der Waals surface area contributed by atoms with Gasteiger partial charge in [-0.05, 0) is 12.8 Å². The first-order valence-electron chi connectivity index (χ1n) is 4.66. The average Bonchev–Trinajstić information content (AvgIpc) is 2.20. The fourth-order valence-electron chi connectivity index (χ4n) is 1.40. The molecular weight excluding hydrogens is 200 g/mol. The van der Waals surface area contributed by atoms with Crippen LogP contribution in [0.2, 0.25) is 0 Å². The summed E-state index contributed by atoms with van der Waals surface area (Å²) in [6.07, 6.45) is 4.87. The molecule has 0 aromatic carbocycles. The minimum atomic E-state index is -3.40. The fourth-order valence-corrected chi connectivity index (χ4v) is 2.97. The number of nitriles is 1.